The van der Waals surface area contributed by atoms with Crippen molar-refractivity contribution < 1.29 is 14.3 Å². The number of carbonyl (C=O) groups is 2. The zero-order valence-corrected chi connectivity index (χ0v) is 18.3. The Bertz CT molecular complexity index is 662. The second-order valence-corrected chi connectivity index (χ2v) is 9.27. The van der Waals surface area contributed by atoms with Crippen LogP contribution in [-0.4, -0.2) is 59.1 Å². The number of benzene rings is 1. The third kappa shape index (κ3) is 5.75. The lowest BCUT2D eigenvalue weighted by atomic mass is 10.0. The predicted molar refractivity (Wildman–Crippen MR) is 111 cm³/mol. The zero-order valence-electron chi connectivity index (χ0n) is 16.1. The number of anilines is 1. The van der Waals surface area contributed by atoms with E-state index in [2.05, 4.69) is 27.9 Å². The number of hydrogen-bond acceptors (Lipinski definition) is 4. The molecular formula is C19H28IN3O3. The molecule has 0 saturated carbocycles. The molecule has 1 N–H and O–H groups in total. The summed E-state index contributed by atoms with van der Waals surface area (Å²) in [6, 6.07) is 7.94. The maximum Gasteiger partial charge on any atom is 0.410 e. The van der Waals surface area contributed by atoms with Gasteiger partial charge in [-0.15, -0.1) is 0 Å². The molecule has 7 heteroatoms. The molecule has 0 unspecified atom stereocenters. The molecule has 0 spiro atoms. The van der Waals surface area contributed by atoms with Crippen LogP contribution in [0, 0.1) is 3.57 Å². The third-order valence-electron chi connectivity index (χ3n) is 4.03. The number of nitrogens with one attached hydrogen (secondary N) is 1. The van der Waals surface area contributed by atoms with Crippen molar-refractivity contribution in [3.8, 4) is 0 Å². The van der Waals surface area contributed by atoms with Crippen molar-refractivity contribution in [2.75, 3.05) is 31.5 Å². The van der Waals surface area contributed by atoms with Gasteiger partial charge >= 0.3 is 6.09 Å². The normalized spacial score (nSPS) is 15.6. The molecule has 1 heterocycles. The number of nitrogens with zero attached hydrogens (tertiary/aromatic N) is 2. The molecule has 6 nitrogen and oxygen atoms in total. The quantitative estimate of drug-likeness (QED) is 0.683. The monoisotopic (exact) mass is 473 g/mol. The zero-order chi connectivity index (χ0) is 19.5. The Balaban J connectivity index is 1.93. The van der Waals surface area contributed by atoms with Crippen LogP contribution in [0.3, 0.4) is 0 Å². The summed E-state index contributed by atoms with van der Waals surface area (Å²) >= 11 is 2.25. The maximum atomic E-state index is 12.9. The van der Waals surface area contributed by atoms with Gasteiger partial charge in [0.15, 0.2) is 0 Å². The molecule has 26 heavy (non-hydrogen) atoms. The van der Waals surface area contributed by atoms with Crippen LogP contribution in [-0.2, 0) is 9.53 Å². The summed E-state index contributed by atoms with van der Waals surface area (Å²) < 4.78 is 6.51. The number of amides is 2. The number of rotatable bonds is 3. The van der Waals surface area contributed by atoms with Gasteiger partial charge in [0.2, 0.25) is 5.91 Å². The smallest absolute Gasteiger partial charge is 0.410 e. The molecule has 0 bridgehead atoms. The van der Waals surface area contributed by atoms with Gasteiger partial charge in [0, 0.05) is 35.4 Å². The largest absolute Gasteiger partial charge is 0.444 e. The van der Waals surface area contributed by atoms with Gasteiger partial charge in [0.1, 0.15) is 11.1 Å². The van der Waals surface area contributed by atoms with E-state index in [1.807, 2.05) is 63.8 Å². The standard InChI is InChI=1S/C19H28IN3O3/c1-18(2,3)26-17(25)23-11-9-22(10-12-23)16(24)19(4,5)21-15-8-6-7-14(20)13-15/h6-8,13,21H,9-12H2,1-5H3. The highest BCUT2D eigenvalue weighted by molar-refractivity contribution is 14.1. The number of halogens is 1. The van der Waals surface area contributed by atoms with Gasteiger partial charge in [-0.25, -0.2) is 4.79 Å². The van der Waals surface area contributed by atoms with Crippen molar-refractivity contribution in [3.05, 3.63) is 27.8 Å². The van der Waals surface area contributed by atoms with Gasteiger partial charge in [-0.3, -0.25) is 4.79 Å². The SMILES string of the molecule is CC(C)(C)OC(=O)N1CCN(C(=O)C(C)(C)Nc2cccc(I)c2)CC1. The summed E-state index contributed by atoms with van der Waals surface area (Å²) in [6.45, 7) is 11.3. The summed E-state index contributed by atoms with van der Waals surface area (Å²) in [5.41, 5.74) is -0.315. The van der Waals surface area contributed by atoms with Crippen LogP contribution in [0.15, 0.2) is 24.3 Å². The van der Waals surface area contributed by atoms with Crippen LogP contribution in [0.25, 0.3) is 0 Å². The summed E-state index contributed by atoms with van der Waals surface area (Å²) in [7, 11) is 0. The van der Waals surface area contributed by atoms with Crippen LogP contribution in [0.5, 0.6) is 0 Å². The lowest BCUT2D eigenvalue weighted by Gasteiger charge is -2.39. The first-order valence-electron chi connectivity index (χ1n) is 8.79. The van der Waals surface area contributed by atoms with Crippen molar-refractivity contribution >= 4 is 40.3 Å². The van der Waals surface area contributed by atoms with E-state index in [1.54, 1.807) is 4.90 Å². The second-order valence-electron chi connectivity index (χ2n) is 8.02. The lowest BCUT2D eigenvalue weighted by Crippen LogP contribution is -2.57. The summed E-state index contributed by atoms with van der Waals surface area (Å²) in [5, 5.41) is 3.32. The van der Waals surface area contributed by atoms with E-state index in [1.165, 1.54) is 0 Å². The fraction of sp³-hybridized carbons (Fsp3) is 0.579. The average molecular weight is 473 g/mol. The molecule has 1 saturated heterocycles. The predicted octanol–water partition coefficient (Wildman–Crippen LogP) is 3.56. The van der Waals surface area contributed by atoms with E-state index in [0.717, 1.165) is 9.26 Å². The Kier molecular flexibility index (Phi) is 6.42. The summed E-state index contributed by atoms with van der Waals surface area (Å²) in [6.07, 6.45) is -0.319. The minimum absolute atomic E-state index is 0.0280. The van der Waals surface area contributed by atoms with Crippen molar-refractivity contribution in [2.24, 2.45) is 0 Å². The van der Waals surface area contributed by atoms with E-state index < -0.39 is 11.1 Å². The first-order valence-corrected chi connectivity index (χ1v) is 9.87. The highest BCUT2D eigenvalue weighted by atomic mass is 127. The van der Waals surface area contributed by atoms with Crippen molar-refractivity contribution in [2.45, 2.75) is 45.8 Å². The van der Waals surface area contributed by atoms with Gasteiger partial charge in [-0.1, -0.05) is 6.07 Å². The second kappa shape index (κ2) is 8.02. The molecule has 1 aliphatic rings. The maximum absolute atomic E-state index is 12.9. The van der Waals surface area contributed by atoms with Crippen LogP contribution < -0.4 is 5.32 Å². The third-order valence-corrected chi connectivity index (χ3v) is 4.71. The number of ether oxygens (including phenoxy) is 1. The molecule has 2 amide bonds. The van der Waals surface area contributed by atoms with Crippen LogP contribution in [0.1, 0.15) is 34.6 Å². The molecule has 1 aromatic carbocycles. The molecule has 144 valence electrons. The van der Waals surface area contributed by atoms with Crippen LogP contribution in [0.4, 0.5) is 10.5 Å². The van der Waals surface area contributed by atoms with E-state index in [-0.39, 0.29) is 12.0 Å². The molecular weight excluding hydrogens is 445 g/mol. The lowest BCUT2D eigenvalue weighted by molar-refractivity contribution is -0.136. The van der Waals surface area contributed by atoms with Gasteiger partial charge < -0.3 is 19.9 Å². The minimum Gasteiger partial charge on any atom is -0.444 e. The average Bonchev–Trinajstić information content (AvgIpc) is 2.52. The topological polar surface area (TPSA) is 61.9 Å². The van der Waals surface area contributed by atoms with E-state index >= 15 is 0 Å². The van der Waals surface area contributed by atoms with Crippen LogP contribution in [0.2, 0.25) is 0 Å². The van der Waals surface area contributed by atoms with Crippen LogP contribution >= 0.6 is 22.6 Å². The first kappa shape index (κ1) is 20.8. The molecule has 1 aromatic rings. The molecule has 2 rings (SSSR count). The Labute approximate surface area is 169 Å². The van der Waals surface area contributed by atoms with Crippen molar-refractivity contribution in [1.82, 2.24) is 9.80 Å². The van der Waals surface area contributed by atoms with E-state index in [4.69, 9.17) is 4.74 Å². The molecule has 1 aliphatic heterocycles. The Morgan fingerprint density at radius 2 is 1.62 bits per heavy atom. The molecule has 0 aliphatic carbocycles. The van der Waals surface area contributed by atoms with Crippen molar-refractivity contribution in [1.29, 1.82) is 0 Å². The Hall–Kier alpha value is -1.51. The first-order chi connectivity index (χ1) is 12.0. The minimum atomic E-state index is -0.724. The van der Waals surface area contributed by atoms with Crippen molar-refractivity contribution in [3.63, 3.8) is 0 Å². The summed E-state index contributed by atoms with van der Waals surface area (Å²) in [4.78, 5) is 28.6. The summed E-state index contributed by atoms with van der Waals surface area (Å²) in [5.74, 6) is 0.0280. The number of carbonyl (C=O) groups excluding carboxylic acids is 2. The Morgan fingerprint density at radius 3 is 2.15 bits per heavy atom. The highest BCUT2D eigenvalue weighted by Gasteiger charge is 2.35. The Morgan fingerprint density at radius 1 is 1.04 bits per heavy atom. The number of hydrogen-bond donors (Lipinski definition) is 1. The van der Waals surface area contributed by atoms with E-state index in [0.29, 0.717) is 26.2 Å². The fourth-order valence-corrected chi connectivity index (χ4v) is 3.34. The van der Waals surface area contributed by atoms with Gasteiger partial charge in [0.25, 0.3) is 0 Å². The molecule has 1 fully saturated rings. The number of piperazine rings is 1. The molecule has 0 atom stereocenters. The molecule has 0 aromatic heterocycles. The highest BCUT2D eigenvalue weighted by Crippen LogP contribution is 2.21. The van der Waals surface area contributed by atoms with Gasteiger partial charge in [-0.05, 0) is 75.4 Å². The van der Waals surface area contributed by atoms with Gasteiger partial charge in [0.05, 0.1) is 0 Å². The van der Waals surface area contributed by atoms with Gasteiger partial charge in [-0.2, -0.15) is 0 Å². The van der Waals surface area contributed by atoms with E-state index in [9.17, 15) is 9.59 Å². The fourth-order valence-electron chi connectivity index (χ4n) is 2.79. The molecule has 0 radical (unpaired) electrons.